The van der Waals surface area contributed by atoms with E-state index in [4.69, 9.17) is 10.5 Å². The average molecular weight is 277 g/mol. The second kappa shape index (κ2) is 6.63. The van der Waals surface area contributed by atoms with Gasteiger partial charge in [0.15, 0.2) is 0 Å². The van der Waals surface area contributed by atoms with Gasteiger partial charge in [-0.2, -0.15) is 0 Å². The Morgan fingerprint density at radius 3 is 2.95 bits per heavy atom. The van der Waals surface area contributed by atoms with Crippen LogP contribution in [0.3, 0.4) is 0 Å². The lowest BCUT2D eigenvalue weighted by molar-refractivity contribution is 0.315. The van der Waals surface area contributed by atoms with Crippen LogP contribution in [0.5, 0.6) is 5.75 Å². The van der Waals surface area contributed by atoms with E-state index in [0.717, 1.165) is 34.9 Å². The minimum Gasteiger partial charge on any atom is -0.492 e. The fourth-order valence-electron chi connectivity index (χ4n) is 1.74. The molecule has 0 aromatic carbocycles. The Kier molecular flexibility index (Phi) is 4.87. The fourth-order valence-corrected chi connectivity index (χ4v) is 2.57. The molecule has 5 heteroatoms. The van der Waals surface area contributed by atoms with Gasteiger partial charge in [0.1, 0.15) is 5.75 Å². The molecule has 1 atom stereocenters. The number of aryl methyl sites for hydroxylation is 1. The first kappa shape index (κ1) is 14.0. The zero-order valence-corrected chi connectivity index (χ0v) is 12.1. The van der Waals surface area contributed by atoms with Crippen molar-refractivity contribution in [2.75, 3.05) is 6.61 Å². The molecule has 0 spiro atoms. The number of pyridine rings is 1. The molecule has 2 aromatic heterocycles. The van der Waals surface area contributed by atoms with Gasteiger partial charge in [0.05, 0.1) is 17.8 Å². The first-order valence-corrected chi connectivity index (χ1v) is 7.31. The van der Waals surface area contributed by atoms with Gasteiger partial charge in [-0.3, -0.25) is 4.98 Å². The van der Waals surface area contributed by atoms with E-state index >= 15 is 0 Å². The number of nitrogens with zero attached hydrogens (tertiary/aromatic N) is 2. The van der Waals surface area contributed by atoms with Gasteiger partial charge >= 0.3 is 0 Å². The summed E-state index contributed by atoms with van der Waals surface area (Å²) in [5, 5.41) is 3.10. The number of thiazole rings is 1. The monoisotopic (exact) mass is 277 g/mol. The van der Waals surface area contributed by atoms with Crippen molar-refractivity contribution in [3.63, 3.8) is 0 Å². The summed E-state index contributed by atoms with van der Waals surface area (Å²) in [6.07, 6.45) is 5.23. The summed E-state index contributed by atoms with van der Waals surface area (Å²) >= 11 is 1.65. The van der Waals surface area contributed by atoms with Crippen LogP contribution in [0.15, 0.2) is 23.8 Å². The number of hydrogen-bond donors (Lipinski definition) is 1. The van der Waals surface area contributed by atoms with Crippen LogP contribution in [0.1, 0.15) is 35.7 Å². The molecule has 102 valence electrons. The lowest BCUT2D eigenvalue weighted by atomic mass is 10.1. The first-order chi connectivity index (χ1) is 9.19. The van der Waals surface area contributed by atoms with E-state index in [1.807, 2.05) is 18.4 Å². The maximum Gasteiger partial charge on any atom is 0.137 e. The molecule has 2 heterocycles. The number of aromatic nitrogens is 2. The van der Waals surface area contributed by atoms with Crippen LogP contribution >= 0.6 is 11.3 Å². The van der Waals surface area contributed by atoms with E-state index in [1.165, 1.54) is 0 Å². The number of hydrogen-bond acceptors (Lipinski definition) is 5. The Bertz CT molecular complexity index is 527. The Morgan fingerprint density at radius 1 is 1.42 bits per heavy atom. The summed E-state index contributed by atoms with van der Waals surface area (Å²) in [4.78, 5) is 8.62. The zero-order chi connectivity index (χ0) is 13.7. The quantitative estimate of drug-likeness (QED) is 0.882. The van der Waals surface area contributed by atoms with E-state index in [0.29, 0.717) is 6.61 Å². The van der Waals surface area contributed by atoms with Gasteiger partial charge < -0.3 is 10.5 Å². The Morgan fingerprint density at radius 2 is 2.26 bits per heavy atom. The Labute approximate surface area is 117 Å². The van der Waals surface area contributed by atoms with Crippen molar-refractivity contribution in [2.24, 2.45) is 5.73 Å². The van der Waals surface area contributed by atoms with Crippen LogP contribution in [-0.4, -0.2) is 16.6 Å². The molecule has 0 aliphatic heterocycles. The second-order valence-corrected chi connectivity index (χ2v) is 5.44. The molecule has 1 unspecified atom stereocenters. The van der Waals surface area contributed by atoms with Crippen LogP contribution in [0.2, 0.25) is 0 Å². The van der Waals surface area contributed by atoms with E-state index < -0.39 is 0 Å². The highest BCUT2D eigenvalue weighted by atomic mass is 32.1. The van der Waals surface area contributed by atoms with E-state index in [-0.39, 0.29) is 6.04 Å². The molecule has 0 saturated carbocycles. The third kappa shape index (κ3) is 4.01. The van der Waals surface area contributed by atoms with Crippen molar-refractivity contribution in [1.82, 2.24) is 9.97 Å². The summed E-state index contributed by atoms with van der Waals surface area (Å²) in [5.41, 5.74) is 8.24. The SMILES string of the molecule is CCCOc1cncc(C(N)Cc2nc(C)cs2)c1. The molecule has 4 nitrogen and oxygen atoms in total. The third-order valence-electron chi connectivity index (χ3n) is 2.70. The molecule has 2 aromatic rings. The maximum absolute atomic E-state index is 6.20. The van der Waals surface area contributed by atoms with Crippen molar-refractivity contribution >= 4 is 11.3 Å². The molecular formula is C14H19N3OS. The van der Waals surface area contributed by atoms with Gasteiger partial charge in [-0.1, -0.05) is 6.92 Å². The lowest BCUT2D eigenvalue weighted by Gasteiger charge is -2.11. The van der Waals surface area contributed by atoms with Crippen LogP contribution in [0.4, 0.5) is 0 Å². The normalized spacial score (nSPS) is 12.4. The molecular weight excluding hydrogens is 258 g/mol. The fraction of sp³-hybridized carbons (Fsp3) is 0.429. The molecule has 19 heavy (non-hydrogen) atoms. The van der Waals surface area contributed by atoms with E-state index in [1.54, 1.807) is 23.7 Å². The largest absolute Gasteiger partial charge is 0.492 e. The average Bonchev–Trinajstić information content (AvgIpc) is 2.82. The smallest absolute Gasteiger partial charge is 0.137 e. The standard InChI is InChI=1S/C14H19N3OS/c1-3-4-18-12-5-11(7-16-8-12)13(15)6-14-17-10(2)9-19-14/h5,7-9,13H,3-4,6,15H2,1-2H3. The molecule has 2 rings (SSSR count). The topological polar surface area (TPSA) is 61.0 Å². The molecule has 0 fully saturated rings. The second-order valence-electron chi connectivity index (χ2n) is 4.50. The van der Waals surface area contributed by atoms with Gasteiger partial charge in [-0.25, -0.2) is 4.98 Å². The van der Waals surface area contributed by atoms with Gasteiger partial charge in [0, 0.05) is 29.7 Å². The first-order valence-electron chi connectivity index (χ1n) is 6.43. The molecule has 0 amide bonds. The molecule has 0 aliphatic rings. The summed E-state index contributed by atoms with van der Waals surface area (Å²) in [7, 11) is 0. The predicted molar refractivity (Wildman–Crippen MR) is 77.5 cm³/mol. The summed E-state index contributed by atoms with van der Waals surface area (Å²) in [6, 6.07) is 1.87. The molecule has 0 radical (unpaired) electrons. The van der Waals surface area contributed by atoms with Crippen LogP contribution in [-0.2, 0) is 6.42 Å². The predicted octanol–water partition coefficient (Wildman–Crippen LogP) is 2.88. The van der Waals surface area contributed by atoms with E-state index in [2.05, 4.69) is 16.9 Å². The molecule has 2 N–H and O–H groups in total. The van der Waals surface area contributed by atoms with Gasteiger partial charge in [-0.05, 0) is 25.0 Å². The van der Waals surface area contributed by atoms with Crippen molar-refractivity contribution in [3.05, 3.63) is 40.1 Å². The van der Waals surface area contributed by atoms with Gasteiger partial charge in [-0.15, -0.1) is 11.3 Å². The van der Waals surface area contributed by atoms with Gasteiger partial charge in [0.25, 0.3) is 0 Å². The summed E-state index contributed by atoms with van der Waals surface area (Å²) < 4.78 is 5.57. The van der Waals surface area contributed by atoms with E-state index in [9.17, 15) is 0 Å². The Balaban J connectivity index is 2.03. The highest BCUT2D eigenvalue weighted by Gasteiger charge is 2.11. The third-order valence-corrected chi connectivity index (χ3v) is 3.69. The lowest BCUT2D eigenvalue weighted by Crippen LogP contribution is -2.13. The highest BCUT2D eigenvalue weighted by molar-refractivity contribution is 7.09. The highest BCUT2D eigenvalue weighted by Crippen LogP contribution is 2.21. The van der Waals surface area contributed by atoms with Gasteiger partial charge in [0.2, 0.25) is 0 Å². The number of nitrogens with two attached hydrogens (primary N) is 1. The minimum atomic E-state index is -0.0942. The molecule has 0 saturated heterocycles. The van der Waals surface area contributed by atoms with Crippen LogP contribution in [0.25, 0.3) is 0 Å². The molecule has 0 aliphatic carbocycles. The maximum atomic E-state index is 6.20. The van der Waals surface area contributed by atoms with Crippen molar-refractivity contribution in [2.45, 2.75) is 32.7 Å². The summed E-state index contributed by atoms with van der Waals surface area (Å²) in [5.74, 6) is 0.783. The Hall–Kier alpha value is -1.46. The van der Waals surface area contributed by atoms with Crippen LogP contribution in [0, 0.1) is 6.92 Å². The molecule has 0 bridgehead atoms. The number of rotatable bonds is 6. The number of ether oxygens (including phenoxy) is 1. The van der Waals surface area contributed by atoms with Crippen molar-refractivity contribution in [1.29, 1.82) is 0 Å². The van der Waals surface area contributed by atoms with Crippen LogP contribution < -0.4 is 10.5 Å². The van der Waals surface area contributed by atoms with Crippen molar-refractivity contribution < 1.29 is 4.74 Å². The zero-order valence-electron chi connectivity index (χ0n) is 11.3. The summed E-state index contributed by atoms with van der Waals surface area (Å²) in [6.45, 7) is 4.77. The minimum absolute atomic E-state index is 0.0942. The van der Waals surface area contributed by atoms with Crippen molar-refractivity contribution in [3.8, 4) is 5.75 Å².